The second-order valence-corrected chi connectivity index (χ2v) is 4.44. The van der Waals surface area contributed by atoms with Crippen molar-refractivity contribution < 1.29 is 9.53 Å². The van der Waals surface area contributed by atoms with Crippen LogP contribution in [-0.4, -0.2) is 55.2 Å². The Kier molecular flexibility index (Phi) is 4.11. The highest BCUT2D eigenvalue weighted by molar-refractivity contribution is 5.94. The number of rotatable bonds is 3. The third kappa shape index (κ3) is 3.41. The van der Waals surface area contributed by atoms with Gasteiger partial charge in [0.1, 0.15) is 5.82 Å². The van der Waals surface area contributed by atoms with E-state index in [0.717, 1.165) is 13.1 Å². The van der Waals surface area contributed by atoms with Crippen LogP contribution in [0.2, 0.25) is 0 Å². The minimum atomic E-state index is -0.153. The number of nitrogens with two attached hydrogens (primary N) is 1. The van der Waals surface area contributed by atoms with Crippen molar-refractivity contribution in [2.75, 3.05) is 39.0 Å². The summed E-state index contributed by atoms with van der Waals surface area (Å²) in [4.78, 5) is 17.9. The van der Waals surface area contributed by atoms with Gasteiger partial charge >= 0.3 is 0 Å². The fourth-order valence-electron chi connectivity index (χ4n) is 1.84. The molecule has 1 aliphatic rings. The van der Waals surface area contributed by atoms with Crippen LogP contribution < -0.4 is 11.1 Å². The van der Waals surface area contributed by atoms with E-state index in [1.807, 2.05) is 7.05 Å². The molecule has 18 heavy (non-hydrogen) atoms. The summed E-state index contributed by atoms with van der Waals surface area (Å²) in [5.41, 5.74) is 5.97. The number of pyridine rings is 1. The molecule has 0 spiro atoms. The second-order valence-electron chi connectivity index (χ2n) is 4.44. The van der Waals surface area contributed by atoms with E-state index in [1.165, 1.54) is 6.20 Å². The molecule has 1 aromatic rings. The van der Waals surface area contributed by atoms with Crippen molar-refractivity contribution in [2.24, 2.45) is 0 Å². The lowest BCUT2D eigenvalue weighted by Crippen LogP contribution is -2.45. The predicted molar refractivity (Wildman–Crippen MR) is 68.2 cm³/mol. The fraction of sp³-hybridized carbons (Fsp3) is 0.500. The van der Waals surface area contributed by atoms with Crippen LogP contribution in [0.4, 0.5) is 5.82 Å². The lowest BCUT2D eigenvalue weighted by Gasteiger charge is -2.30. The molecule has 3 N–H and O–H groups in total. The van der Waals surface area contributed by atoms with Crippen molar-refractivity contribution in [3.8, 4) is 0 Å². The van der Waals surface area contributed by atoms with E-state index in [-0.39, 0.29) is 12.0 Å². The van der Waals surface area contributed by atoms with Crippen LogP contribution in [0.15, 0.2) is 18.3 Å². The van der Waals surface area contributed by atoms with Crippen LogP contribution in [0, 0.1) is 0 Å². The fourth-order valence-corrected chi connectivity index (χ4v) is 1.84. The molecule has 1 fully saturated rings. The highest BCUT2D eigenvalue weighted by Crippen LogP contribution is 2.03. The summed E-state index contributed by atoms with van der Waals surface area (Å²) in [5.74, 6) is 0.253. The van der Waals surface area contributed by atoms with Gasteiger partial charge in [-0.1, -0.05) is 0 Å². The second kappa shape index (κ2) is 5.79. The van der Waals surface area contributed by atoms with E-state index in [9.17, 15) is 4.79 Å². The van der Waals surface area contributed by atoms with Gasteiger partial charge in [0.15, 0.2) is 0 Å². The molecule has 0 bridgehead atoms. The van der Waals surface area contributed by atoms with Gasteiger partial charge in [-0.05, 0) is 19.2 Å². The van der Waals surface area contributed by atoms with Gasteiger partial charge in [-0.2, -0.15) is 0 Å². The molecule has 0 aromatic carbocycles. The van der Waals surface area contributed by atoms with Crippen molar-refractivity contribution in [3.05, 3.63) is 23.9 Å². The SMILES string of the molecule is CN1CCOC(CNC(=O)c2ccc(N)nc2)C1. The predicted octanol–water partition coefficient (Wildman–Crippen LogP) is -0.276. The van der Waals surface area contributed by atoms with Crippen molar-refractivity contribution in [2.45, 2.75) is 6.10 Å². The number of nitrogens with one attached hydrogen (secondary N) is 1. The maximum absolute atomic E-state index is 11.8. The van der Waals surface area contributed by atoms with Gasteiger partial charge < -0.3 is 20.7 Å². The molecule has 0 aliphatic carbocycles. The highest BCUT2D eigenvalue weighted by atomic mass is 16.5. The maximum atomic E-state index is 11.8. The maximum Gasteiger partial charge on any atom is 0.252 e. The zero-order valence-electron chi connectivity index (χ0n) is 10.4. The molecule has 1 atom stereocenters. The molecule has 1 amide bonds. The molecule has 2 rings (SSSR count). The van der Waals surface area contributed by atoms with Gasteiger partial charge in [-0.3, -0.25) is 4.79 Å². The van der Waals surface area contributed by atoms with Crippen LogP contribution in [0.5, 0.6) is 0 Å². The molecule has 0 saturated carbocycles. The van der Waals surface area contributed by atoms with Crippen molar-refractivity contribution in [1.29, 1.82) is 0 Å². The summed E-state index contributed by atoms with van der Waals surface area (Å²) in [6, 6.07) is 3.27. The minimum Gasteiger partial charge on any atom is -0.384 e. The smallest absolute Gasteiger partial charge is 0.252 e. The number of morpholine rings is 1. The third-order valence-corrected chi connectivity index (χ3v) is 2.88. The van der Waals surface area contributed by atoms with E-state index in [0.29, 0.717) is 24.5 Å². The number of hydrogen-bond donors (Lipinski definition) is 2. The average Bonchev–Trinajstić information content (AvgIpc) is 2.37. The van der Waals surface area contributed by atoms with Crippen molar-refractivity contribution >= 4 is 11.7 Å². The van der Waals surface area contributed by atoms with E-state index in [1.54, 1.807) is 12.1 Å². The lowest BCUT2D eigenvalue weighted by atomic mass is 10.2. The summed E-state index contributed by atoms with van der Waals surface area (Å²) in [7, 11) is 2.04. The van der Waals surface area contributed by atoms with Gasteiger partial charge in [-0.25, -0.2) is 4.98 Å². The van der Waals surface area contributed by atoms with Gasteiger partial charge in [0.25, 0.3) is 5.91 Å². The Morgan fingerprint density at radius 1 is 1.67 bits per heavy atom. The summed E-state index contributed by atoms with van der Waals surface area (Å²) in [5, 5.41) is 2.84. The van der Waals surface area contributed by atoms with E-state index in [4.69, 9.17) is 10.5 Å². The van der Waals surface area contributed by atoms with Crippen LogP contribution in [-0.2, 0) is 4.74 Å². The quantitative estimate of drug-likeness (QED) is 0.771. The Labute approximate surface area is 106 Å². The Morgan fingerprint density at radius 3 is 3.17 bits per heavy atom. The Balaban J connectivity index is 1.82. The Morgan fingerprint density at radius 2 is 2.50 bits per heavy atom. The Hall–Kier alpha value is -1.66. The zero-order valence-corrected chi connectivity index (χ0v) is 10.4. The van der Waals surface area contributed by atoms with Gasteiger partial charge in [0.2, 0.25) is 0 Å². The first-order chi connectivity index (χ1) is 8.65. The number of amides is 1. The molecule has 1 aliphatic heterocycles. The molecular formula is C12H18N4O2. The van der Waals surface area contributed by atoms with Crippen LogP contribution in [0.1, 0.15) is 10.4 Å². The standard InChI is InChI=1S/C12H18N4O2/c1-16-4-5-18-10(8-16)7-15-12(17)9-2-3-11(13)14-6-9/h2-3,6,10H,4-5,7-8H2,1H3,(H2,13,14)(H,15,17). The highest BCUT2D eigenvalue weighted by Gasteiger charge is 2.18. The van der Waals surface area contributed by atoms with Crippen molar-refractivity contribution in [1.82, 2.24) is 15.2 Å². The number of anilines is 1. The molecule has 0 radical (unpaired) electrons. The molecule has 2 heterocycles. The van der Waals surface area contributed by atoms with E-state index < -0.39 is 0 Å². The first-order valence-electron chi connectivity index (χ1n) is 5.95. The number of ether oxygens (including phenoxy) is 1. The summed E-state index contributed by atoms with van der Waals surface area (Å²) < 4.78 is 5.56. The normalized spacial score (nSPS) is 20.6. The molecule has 98 valence electrons. The number of likely N-dealkylation sites (N-methyl/N-ethyl adjacent to an activating group) is 1. The monoisotopic (exact) mass is 250 g/mol. The number of carbonyl (C=O) groups is 1. The van der Waals surface area contributed by atoms with Crippen LogP contribution in [0.3, 0.4) is 0 Å². The van der Waals surface area contributed by atoms with Crippen LogP contribution in [0.25, 0.3) is 0 Å². The summed E-state index contributed by atoms with van der Waals surface area (Å²) in [6.07, 6.45) is 1.52. The molecule has 1 unspecified atom stereocenters. The first-order valence-corrected chi connectivity index (χ1v) is 5.95. The summed E-state index contributed by atoms with van der Waals surface area (Å²) in [6.45, 7) is 2.99. The van der Waals surface area contributed by atoms with Crippen molar-refractivity contribution in [3.63, 3.8) is 0 Å². The van der Waals surface area contributed by atoms with Gasteiger partial charge in [-0.15, -0.1) is 0 Å². The number of nitrogens with zero attached hydrogens (tertiary/aromatic N) is 2. The molecule has 1 saturated heterocycles. The third-order valence-electron chi connectivity index (χ3n) is 2.88. The largest absolute Gasteiger partial charge is 0.384 e. The number of carbonyl (C=O) groups excluding carboxylic acids is 1. The number of aromatic nitrogens is 1. The van der Waals surface area contributed by atoms with E-state index >= 15 is 0 Å². The van der Waals surface area contributed by atoms with Gasteiger partial charge in [0, 0.05) is 25.8 Å². The number of hydrogen-bond acceptors (Lipinski definition) is 5. The zero-order chi connectivity index (χ0) is 13.0. The number of nitrogen functional groups attached to an aromatic ring is 1. The minimum absolute atomic E-state index is 0.0504. The molecule has 6 heteroatoms. The van der Waals surface area contributed by atoms with E-state index in [2.05, 4.69) is 15.2 Å². The first kappa shape index (κ1) is 12.8. The molecule has 6 nitrogen and oxygen atoms in total. The average molecular weight is 250 g/mol. The topological polar surface area (TPSA) is 80.5 Å². The van der Waals surface area contributed by atoms with Crippen LogP contribution >= 0.6 is 0 Å². The molecular weight excluding hydrogens is 232 g/mol. The summed E-state index contributed by atoms with van der Waals surface area (Å²) >= 11 is 0. The Bertz CT molecular complexity index is 407. The lowest BCUT2D eigenvalue weighted by molar-refractivity contribution is -0.0175. The molecule has 1 aromatic heterocycles. The van der Waals surface area contributed by atoms with Gasteiger partial charge in [0.05, 0.1) is 18.3 Å².